The van der Waals surface area contributed by atoms with Crippen molar-refractivity contribution in [2.45, 2.75) is 13.8 Å². The zero-order valence-corrected chi connectivity index (χ0v) is 20.6. The van der Waals surface area contributed by atoms with Crippen LogP contribution in [0.3, 0.4) is 0 Å². The molecule has 0 saturated carbocycles. The third-order valence-electron chi connectivity index (χ3n) is 3.85. The SMILES string of the molecule is CCOC(=O)[CH-]C(=O)OCC.[Au+].c1ccc(P(c2ccccc2)c2ccccc2)cc1. The van der Waals surface area contributed by atoms with E-state index in [0.29, 0.717) is 0 Å². The summed E-state index contributed by atoms with van der Waals surface area (Å²) < 4.78 is 8.93. The summed E-state index contributed by atoms with van der Waals surface area (Å²) in [6.07, 6.45) is 0.785. The van der Waals surface area contributed by atoms with Crippen LogP contribution in [0.5, 0.6) is 0 Å². The largest absolute Gasteiger partial charge is 1.00 e. The van der Waals surface area contributed by atoms with Gasteiger partial charge in [0.15, 0.2) is 11.9 Å². The fraction of sp³-hybridized carbons (Fsp3) is 0.160. The molecule has 0 aliphatic rings. The summed E-state index contributed by atoms with van der Waals surface area (Å²) in [4.78, 5) is 21.1. The minimum atomic E-state index is -0.661. The summed E-state index contributed by atoms with van der Waals surface area (Å²) in [7, 11) is -0.446. The van der Waals surface area contributed by atoms with Gasteiger partial charge in [-0.3, -0.25) is 9.59 Å². The summed E-state index contributed by atoms with van der Waals surface area (Å²) in [5.74, 6) is -1.32. The van der Waals surface area contributed by atoms with Crippen LogP contribution >= 0.6 is 7.92 Å². The number of esters is 2. The predicted octanol–water partition coefficient (Wildman–Crippen LogP) is 3.76. The van der Waals surface area contributed by atoms with Crippen molar-refractivity contribution >= 4 is 35.8 Å². The average molecular weight is 618 g/mol. The molecule has 6 heteroatoms. The Labute approximate surface area is 201 Å². The zero-order chi connectivity index (χ0) is 21.6. The summed E-state index contributed by atoms with van der Waals surface area (Å²) in [5, 5.41) is 4.19. The van der Waals surface area contributed by atoms with Gasteiger partial charge in [0.25, 0.3) is 0 Å². The standard InChI is InChI=1S/C18H15P.C7H11O4.Au/c1-4-10-16(11-5-1)19(17-12-6-2-7-13-17)18-14-8-3-9-15-18;1-3-10-6(8)5-7(9)11-4-2;/h1-15H;5H,3-4H2,1-2H3;/q;-1;+1. The van der Waals surface area contributed by atoms with Crippen LogP contribution in [0.1, 0.15) is 13.8 Å². The van der Waals surface area contributed by atoms with Gasteiger partial charge in [-0.05, 0) is 37.7 Å². The number of hydrogen-bond acceptors (Lipinski definition) is 4. The van der Waals surface area contributed by atoms with Crippen LogP contribution in [-0.2, 0) is 41.4 Å². The first kappa shape index (κ1) is 26.7. The molecule has 0 spiro atoms. The molecule has 0 amide bonds. The normalized spacial score (nSPS) is 9.52. The van der Waals surface area contributed by atoms with Crippen molar-refractivity contribution in [3.63, 3.8) is 0 Å². The van der Waals surface area contributed by atoms with E-state index in [-0.39, 0.29) is 35.6 Å². The van der Waals surface area contributed by atoms with Crippen LogP contribution in [0.15, 0.2) is 91.0 Å². The molecule has 0 aliphatic heterocycles. The van der Waals surface area contributed by atoms with E-state index < -0.39 is 19.9 Å². The minimum absolute atomic E-state index is 0. The summed E-state index contributed by atoms with van der Waals surface area (Å²) in [5.41, 5.74) is 0. The second kappa shape index (κ2) is 15.4. The Morgan fingerprint density at radius 3 is 1.19 bits per heavy atom. The molecule has 0 aliphatic carbocycles. The van der Waals surface area contributed by atoms with Gasteiger partial charge in [0.1, 0.15) is 0 Å². The van der Waals surface area contributed by atoms with E-state index in [1.54, 1.807) is 13.8 Å². The fourth-order valence-corrected chi connectivity index (χ4v) is 4.95. The molecule has 0 atom stereocenters. The summed E-state index contributed by atoms with van der Waals surface area (Å²) in [6.45, 7) is 3.84. The van der Waals surface area contributed by atoms with Gasteiger partial charge >= 0.3 is 22.4 Å². The Morgan fingerprint density at radius 1 is 0.645 bits per heavy atom. The van der Waals surface area contributed by atoms with Crippen LogP contribution in [0.25, 0.3) is 0 Å². The Morgan fingerprint density at radius 2 is 0.935 bits per heavy atom. The summed E-state index contributed by atoms with van der Waals surface area (Å²) in [6, 6.07) is 32.3. The minimum Gasteiger partial charge on any atom is -0.488 e. The third-order valence-corrected chi connectivity index (χ3v) is 6.30. The smallest absolute Gasteiger partial charge is 0.488 e. The van der Waals surface area contributed by atoms with E-state index in [0.717, 1.165) is 6.42 Å². The number of benzene rings is 3. The molecule has 3 aromatic rings. The van der Waals surface area contributed by atoms with E-state index in [1.807, 2.05) is 0 Å². The number of ether oxygens (including phenoxy) is 2. The first-order valence-electron chi connectivity index (χ1n) is 9.79. The Bertz CT molecular complexity index is 779. The topological polar surface area (TPSA) is 52.6 Å². The molecule has 166 valence electrons. The first-order valence-corrected chi connectivity index (χ1v) is 11.1. The molecule has 0 saturated heterocycles. The molecule has 0 bridgehead atoms. The van der Waals surface area contributed by atoms with Gasteiger partial charge in [0.05, 0.1) is 13.2 Å². The third kappa shape index (κ3) is 9.54. The maximum Gasteiger partial charge on any atom is 1.00 e. The number of hydrogen-bond donors (Lipinski definition) is 0. The van der Waals surface area contributed by atoms with Crippen molar-refractivity contribution in [2.24, 2.45) is 0 Å². The molecule has 0 unspecified atom stereocenters. The average Bonchev–Trinajstić information content (AvgIpc) is 2.77. The van der Waals surface area contributed by atoms with Crippen molar-refractivity contribution in [3.8, 4) is 0 Å². The van der Waals surface area contributed by atoms with E-state index in [4.69, 9.17) is 0 Å². The molecular weight excluding hydrogens is 592 g/mol. The molecule has 0 N–H and O–H groups in total. The second-order valence-electron chi connectivity index (χ2n) is 5.99. The Kier molecular flexibility index (Phi) is 13.3. The Hall–Kier alpha value is -2.36. The van der Waals surface area contributed by atoms with E-state index in [2.05, 4.69) is 100 Å². The first-order chi connectivity index (χ1) is 14.7. The van der Waals surface area contributed by atoms with Crippen molar-refractivity contribution in [1.29, 1.82) is 0 Å². The van der Waals surface area contributed by atoms with Crippen LogP contribution in [-0.4, -0.2) is 25.2 Å². The van der Waals surface area contributed by atoms with Gasteiger partial charge in [0, 0.05) is 0 Å². The molecule has 0 fully saturated rings. The molecule has 4 nitrogen and oxygen atoms in total. The van der Waals surface area contributed by atoms with Crippen molar-refractivity contribution in [2.75, 3.05) is 13.2 Å². The zero-order valence-electron chi connectivity index (χ0n) is 17.5. The molecule has 3 rings (SSSR count). The molecule has 3 aromatic carbocycles. The molecular formula is C25H26AuO4P. The molecule has 0 heterocycles. The van der Waals surface area contributed by atoms with Gasteiger partial charge in [-0.1, -0.05) is 91.0 Å². The van der Waals surface area contributed by atoms with Gasteiger partial charge < -0.3 is 9.47 Å². The van der Waals surface area contributed by atoms with Gasteiger partial charge in [-0.15, -0.1) is 0 Å². The van der Waals surface area contributed by atoms with Crippen LogP contribution < -0.4 is 15.9 Å². The quantitative estimate of drug-likeness (QED) is 0.133. The van der Waals surface area contributed by atoms with Crippen LogP contribution in [0, 0.1) is 6.42 Å². The monoisotopic (exact) mass is 618 g/mol. The summed E-state index contributed by atoms with van der Waals surface area (Å²) >= 11 is 0. The van der Waals surface area contributed by atoms with Crippen LogP contribution in [0.2, 0.25) is 0 Å². The van der Waals surface area contributed by atoms with Gasteiger partial charge in [-0.25, -0.2) is 0 Å². The maximum atomic E-state index is 10.5. The van der Waals surface area contributed by atoms with Crippen LogP contribution in [0.4, 0.5) is 0 Å². The van der Waals surface area contributed by atoms with Crippen molar-refractivity contribution in [1.82, 2.24) is 0 Å². The van der Waals surface area contributed by atoms with E-state index in [1.165, 1.54) is 15.9 Å². The maximum absolute atomic E-state index is 10.5. The molecule has 31 heavy (non-hydrogen) atoms. The molecule has 0 aromatic heterocycles. The number of rotatable bonds is 7. The number of carbonyl (C=O) groups excluding carboxylic acids is 2. The van der Waals surface area contributed by atoms with Gasteiger partial charge in [0.2, 0.25) is 0 Å². The molecule has 0 radical (unpaired) electrons. The second-order valence-corrected chi connectivity index (χ2v) is 8.21. The predicted molar refractivity (Wildman–Crippen MR) is 123 cm³/mol. The van der Waals surface area contributed by atoms with Gasteiger partial charge in [-0.2, -0.15) is 6.42 Å². The number of carbonyl (C=O) groups is 2. The van der Waals surface area contributed by atoms with E-state index in [9.17, 15) is 9.59 Å². The van der Waals surface area contributed by atoms with Crippen molar-refractivity contribution in [3.05, 3.63) is 97.4 Å². The fourth-order valence-electron chi connectivity index (χ4n) is 2.64. The Balaban J connectivity index is 0.000000349. The van der Waals surface area contributed by atoms with Crippen molar-refractivity contribution < 1.29 is 41.4 Å². The van der Waals surface area contributed by atoms with E-state index >= 15 is 0 Å².